The molecule has 1 N–H and O–H groups in total. The van der Waals surface area contributed by atoms with Gasteiger partial charge in [-0.3, -0.25) is 4.79 Å². The molecule has 1 aromatic carbocycles. The maximum atomic E-state index is 13.0. The average molecular weight is 290 g/mol. The molecule has 2 atom stereocenters. The molecule has 0 saturated carbocycles. The van der Waals surface area contributed by atoms with Gasteiger partial charge in [-0.1, -0.05) is 31.2 Å². The van der Waals surface area contributed by atoms with E-state index in [1.807, 2.05) is 17.0 Å². The van der Waals surface area contributed by atoms with Crippen molar-refractivity contribution in [3.8, 4) is 0 Å². The number of amides is 1. The molecule has 4 nitrogen and oxygen atoms in total. The minimum Gasteiger partial charge on any atom is -0.383 e. The quantitative estimate of drug-likeness (QED) is 0.873. The molecule has 0 bridgehead atoms. The van der Waals surface area contributed by atoms with Crippen LogP contribution in [-0.4, -0.2) is 43.7 Å². The number of fused-ring (bicyclic) bond motifs is 1. The normalized spacial score (nSPS) is 18.9. The second-order valence-corrected chi connectivity index (χ2v) is 5.62. The Morgan fingerprint density at radius 2 is 2.24 bits per heavy atom. The summed E-state index contributed by atoms with van der Waals surface area (Å²) < 4.78 is 5.16. The molecule has 0 fully saturated rings. The predicted molar refractivity (Wildman–Crippen MR) is 84.2 cm³/mol. The second kappa shape index (κ2) is 7.57. The largest absolute Gasteiger partial charge is 0.383 e. The Labute approximate surface area is 127 Å². The zero-order chi connectivity index (χ0) is 15.2. The third kappa shape index (κ3) is 3.63. The highest BCUT2D eigenvalue weighted by Gasteiger charge is 2.31. The van der Waals surface area contributed by atoms with E-state index in [0.29, 0.717) is 13.2 Å². The highest BCUT2D eigenvalue weighted by Crippen LogP contribution is 2.25. The number of hydrogen-bond acceptors (Lipinski definition) is 3. The van der Waals surface area contributed by atoms with Crippen molar-refractivity contribution in [2.24, 2.45) is 0 Å². The molecule has 1 aliphatic heterocycles. The Hall–Kier alpha value is -1.39. The van der Waals surface area contributed by atoms with Gasteiger partial charge in [0.05, 0.1) is 6.61 Å². The molecule has 116 valence electrons. The number of nitrogens with one attached hydrogen (secondary N) is 1. The number of benzene rings is 1. The first-order valence-corrected chi connectivity index (χ1v) is 7.79. The van der Waals surface area contributed by atoms with Crippen molar-refractivity contribution in [2.75, 3.05) is 26.8 Å². The fourth-order valence-electron chi connectivity index (χ4n) is 2.85. The van der Waals surface area contributed by atoms with Gasteiger partial charge < -0.3 is 15.0 Å². The molecule has 1 aromatic rings. The molecule has 1 amide bonds. The van der Waals surface area contributed by atoms with Crippen LogP contribution in [0.5, 0.6) is 0 Å². The standard InChI is InChI=1S/C17H26N2O2/c1-4-13(2)19(11-12-21-3)17(20)16-15-8-6-5-7-14(15)9-10-18-16/h5-8,13,16,18H,4,9-12H2,1-3H3. The minimum absolute atomic E-state index is 0.161. The Morgan fingerprint density at radius 1 is 1.48 bits per heavy atom. The van der Waals surface area contributed by atoms with Gasteiger partial charge in [-0.2, -0.15) is 0 Å². The van der Waals surface area contributed by atoms with Gasteiger partial charge in [0.1, 0.15) is 6.04 Å². The molecule has 0 aliphatic carbocycles. The number of methoxy groups -OCH3 is 1. The predicted octanol–water partition coefficient (Wildman–Crippen LogP) is 2.15. The molecule has 2 rings (SSSR count). The van der Waals surface area contributed by atoms with Crippen molar-refractivity contribution in [1.82, 2.24) is 10.2 Å². The van der Waals surface area contributed by atoms with Crippen LogP contribution in [0.4, 0.5) is 0 Å². The van der Waals surface area contributed by atoms with Gasteiger partial charge in [0.25, 0.3) is 0 Å². The third-order valence-corrected chi connectivity index (χ3v) is 4.30. The van der Waals surface area contributed by atoms with Crippen LogP contribution in [0, 0.1) is 0 Å². The molecule has 0 saturated heterocycles. The molecule has 1 heterocycles. The van der Waals surface area contributed by atoms with E-state index in [4.69, 9.17) is 4.74 Å². The van der Waals surface area contributed by atoms with Gasteiger partial charge in [0.15, 0.2) is 0 Å². The van der Waals surface area contributed by atoms with Crippen LogP contribution in [0.3, 0.4) is 0 Å². The number of rotatable bonds is 6. The zero-order valence-electron chi connectivity index (χ0n) is 13.3. The van der Waals surface area contributed by atoms with E-state index in [1.54, 1.807) is 7.11 Å². The maximum absolute atomic E-state index is 13.0. The third-order valence-electron chi connectivity index (χ3n) is 4.30. The highest BCUT2D eigenvalue weighted by atomic mass is 16.5. The van der Waals surface area contributed by atoms with E-state index in [1.165, 1.54) is 5.56 Å². The SMILES string of the molecule is CCC(C)N(CCOC)C(=O)C1NCCc2ccccc21. The zero-order valence-corrected chi connectivity index (χ0v) is 13.3. The van der Waals surface area contributed by atoms with Gasteiger partial charge in [-0.15, -0.1) is 0 Å². The summed E-state index contributed by atoms with van der Waals surface area (Å²) in [5, 5.41) is 3.38. The van der Waals surface area contributed by atoms with E-state index in [-0.39, 0.29) is 18.0 Å². The lowest BCUT2D eigenvalue weighted by Crippen LogP contribution is -2.48. The van der Waals surface area contributed by atoms with Gasteiger partial charge >= 0.3 is 0 Å². The van der Waals surface area contributed by atoms with E-state index in [9.17, 15) is 4.79 Å². The van der Waals surface area contributed by atoms with Gasteiger partial charge in [-0.25, -0.2) is 0 Å². The van der Waals surface area contributed by atoms with Crippen LogP contribution in [0.25, 0.3) is 0 Å². The number of ether oxygens (including phenoxy) is 1. The lowest BCUT2D eigenvalue weighted by atomic mass is 9.93. The Bertz CT molecular complexity index is 476. The van der Waals surface area contributed by atoms with Crippen molar-refractivity contribution in [3.05, 3.63) is 35.4 Å². The molecule has 0 spiro atoms. The van der Waals surface area contributed by atoms with Gasteiger partial charge in [-0.05, 0) is 30.9 Å². The lowest BCUT2D eigenvalue weighted by Gasteiger charge is -2.34. The van der Waals surface area contributed by atoms with E-state index >= 15 is 0 Å². The maximum Gasteiger partial charge on any atom is 0.244 e. The Kier molecular flexibility index (Phi) is 5.76. The van der Waals surface area contributed by atoms with E-state index in [0.717, 1.165) is 24.9 Å². The first-order chi connectivity index (χ1) is 10.2. The fourth-order valence-corrected chi connectivity index (χ4v) is 2.85. The first-order valence-electron chi connectivity index (χ1n) is 7.79. The van der Waals surface area contributed by atoms with Crippen LogP contribution < -0.4 is 5.32 Å². The highest BCUT2D eigenvalue weighted by molar-refractivity contribution is 5.84. The number of carbonyl (C=O) groups is 1. The van der Waals surface area contributed by atoms with Gasteiger partial charge in [0.2, 0.25) is 5.91 Å². The summed E-state index contributed by atoms with van der Waals surface area (Å²) in [6.07, 6.45) is 1.94. The van der Waals surface area contributed by atoms with Crippen LogP contribution in [-0.2, 0) is 16.0 Å². The van der Waals surface area contributed by atoms with Crippen molar-refractivity contribution < 1.29 is 9.53 Å². The van der Waals surface area contributed by atoms with Crippen molar-refractivity contribution in [2.45, 2.75) is 38.8 Å². The van der Waals surface area contributed by atoms with Crippen molar-refractivity contribution in [3.63, 3.8) is 0 Å². The summed E-state index contributed by atoms with van der Waals surface area (Å²) in [4.78, 5) is 14.9. The molecule has 21 heavy (non-hydrogen) atoms. The second-order valence-electron chi connectivity index (χ2n) is 5.62. The Balaban J connectivity index is 2.21. The lowest BCUT2D eigenvalue weighted by molar-refractivity contribution is -0.136. The monoisotopic (exact) mass is 290 g/mol. The topological polar surface area (TPSA) is 41.6 Å². The van der Waals surface area contributed by atoms with E-state index < -0.39 is 0 Å². The van der Waals surface area contributed by atoms with Gasteiger partial charge in [0, 0.05) is 26.2 Å². The van der Waals surface area contributed by atoms with Crippen LogP contribution in [0.15, 0.2) is 24.3 Å². The number of carbonyl (C=O) groups excluding carboxylic acids is 1. The molecule has 0 radical (unpaired) electrons. The summed E-state index contributed by atoms with van der Waals surface area (Å²) in [6.45, 7) is 6.28. The smallest absolute Gasteiger partial charge is 0.244 e. The molecular formula is C17H26N2O2. The van der Waals surface area contributed by atoms with Crippen LogP contribution in [0.2, 0.25) is 0 Å². The minimum atomic E-state index is -0.221. The van der Waals surface area contributed by atoms with E-state index in [2.05, 4.69) is 31.3 Å². The van der Waals surface area contributed by atoms with Crippen molar-refractivity contribution in [1.29, 1.82) is 0 Å². The summed E-state index contributed by atoms with van der Waals surface area (Å²) in [6, 6.07) is 8.25. The molecule has 4 heteroatoms. The summed E-state index contributed by atoms with van der Waals surface area (Å²) in [5.74, 6) is 0.161. The Morgan fingerprint density at radius 3 is 2.95 bits per heavy atom. The van der Waals surface area contributed by atoms with Crippen LogP contribution >= 0.6 is 0 Å². The van der Waals surface area contributed by atoms with Crippen molar-refractivity contribution >= 4 is 5.91 Å². The molecule has 1 aliphatic rings. The summed E-state index contributed by atoms with van der Waals surface area (Å²) in [7, 11) is 1.67. The average Bonchev–Trinajstić information content (AvgIpc) is 2.54. The molecule has 0 aromatic heterocycles. The fraction of sp³-hybridized carbons (Fsp3) is 0.588. The summed E-state index contributed by atoms with van der Waals surface area (Å²) in [5.41, 5.74) is 2.41. The number of nitrogens with zero attached hydrogens (tertiary/aromatic N) is 1. The van der Waals surface area contributed by atoms with Crippen LogP contribution in [0.1, 0.15) is 37.4 Å². The molecule has 2 unspecified atom stereocenters. The number of hydrogen-bond donors (Lipinski definition) is 1. The first kappa shape index (κ1) is 16.0. The molecular weight excluding hydrogens is 264 g/mol. The summed E-state index contributed by atoms with van der Waals surface area (Å²) >= 11 is 0.